The Hall–Kier alpha value is -3.60. The van der Waals surface area contributed by atoms with Crippen LogP contribution in [0.3, 0.4) is 0 Å². The fraction of sp³-hybridized carbons (Fsp3) is 0.364. The van der Waals surface area contributed by atoms with Crippen molar-refractivity contribution in [3.05, 3.63) is 53.6 Å². The number of aliphatic hydroxyl groups is 1. The van der Waals surface area contributed by atoms with Crippen LogP contribution in [0.25, 0.3) is 6.08 Å². The number of fused-ring (bicyclic) bond motifs is 1. The first kappa shape index (κ1) is 22.6. The van der Waals surface area contributed by atoms with Crippen LogP contribution in [-0.4, -0.2) is 69.2 Å². The van der Waals surface area contributed by atoms with Crippen molar-refractivity contribution in [3.63, 3.8) is 0 Å². The Bertz CT molecular complexity index is 1110. The Balaban J connectivity index is 1.34. The third kappa shape index (κ3) is 5.08. The molecule has 3 heterocycles. The van der Waals surface area contributed by atoms with Gasteiger partial charge in [-0.25, -0.2) is 9.97 Å². The summed E-state index contributed by atoms with van der Waals surface area (Å²) in [6, 6.07) is 5.73. The lowest BCUT2D eigenvalue weighted by molar-refractivity contribution is -0.286. The molecule has 0 saturated carbocycles. The summed E-state index contributed by atoms with van der Waals surface area (Å²) in [4.78, 5) is 36.6. The second-order valence-corrected chi connectivity index (χ2v) is 8.15. The summed E-state index contributed by atoms with van der Waals surface area (Å²) in [7, 11) is 0. The summed E-state index contributed by atoms with van der Waals surface area (Å²) in [5, 5.41) is 10.1. The molecule has 2 aliphatic heterocycles. The molecule has 0 aliphatic carbocycles. The van der Waals surface area contributed by atoms with Gasteiger partial charge in [-0.05, 0) is 43.7 Å². The highest BCUT2D eigenvalue weighted by molar-refractivity contribution is 5.94. The fourth-order valence-corrected chi connectivity index (χ4v) is 3.41. The zero-order chi connectivity index (χ0) is 23.8. The molecule has 174 valence electrons. The van der Waals surface area contributed by atoms with Crippen molar-refractivity contribution in [2.75, 3.05) is 26.2 Å². The van der Waals surface area contributed by atoms with Gasteiger partial charge in [-0.1, -0.05) is 6.07 Å². The van der Waals surface area contributed by atoms with Crippen LogP contribution in [0.2, 0.25) is 0 Å². The highest BCUT2D eigenvalue weighted by Gasteiger charge is 2.43. The van der Waals surface area contributed by atoms with Crippen LogP contribution >= 0.6 is 0 Å². The maximum atomic E-state index is 13.1. The topological polar surface area (TPSA) is 105 Å². The van der Waals surface area contributed by atoms with Crippen molar-refractivity contribution in [2.24, 2.45) is 0 Å². The number of ether oxygens (including phenoxy) is 2. The minimum atomic E-state index is -3.70. The molecule has 2 aromatic rings. The number of hydrogen-bond donors (Lipinski definition) is 1. The lowest BCUT2D eigenvalue weighted by Gasteiger charge is -2.34. The molecule has 1 saturated heterocycles. The van der Waals surface area contributed by atoms with Crippen molar-refractivity contribution < 1.29 is 33.0 Å². The summed E-state index contributed by atoms with van der Waals surface area (Å²) in [5.74, 6) is -0.583. The van der Waals surface area contributed by atoms with E-state index < -0.39 is 11.9 Å². The van der Waals surface area contributed by atoms with Crippen molar-refractivity contribution in [2.45, 2.75) is 25.7 Å². The van der Waals surface area contributed by atoms with E-state index in [1.807, 2.05) is 0 Å². The summed E-state index contributed by atoms with van der Waals surface area (Å²) < 4.78 is 35.0. The standard InChI is InChI=1S/C22H22F2N4O5/c1-21(2,31)20-25-8-7-15(26-20)19(30)28-11-9-27(10-12-28)18(29)6-4-14-3-5-16-17(13-14)33-22(23,24)32-16/h3-8,13,31H,9-12H2,1-2H3/b6-4+. The van der Waals surface area contributed by atoms with Gasteiger partial charge >= 0.3 is 6.29 Å². The van der Waals surface area contributed by atoms with E-state index in [1.165, 1.54) is 56.5 Å². The van der Waals surface area contributed by atoms with Crippen LogP contribution in [0, 0.1) is 0 Å². The molecule has 0 unspecified atom stereocenters. The Labute approximate surface area is 188 Å². The highest BCUT2D eigenvalue weighted by atomic mass is 19.3. The van der Waals surface area contributed by atoms with Crippen molar-refractivity contribution in [3.8, 4) is 11.5 Å². The van der Waals surface area contributed by atoms with Crippen molar-refractivity contribution in [1.82, 2.24) is 19.8 Å². The Morgan fingerprint density at radius 2 is 1.76 bits per heavy atom. The minimum absolute atomic E-state index is 0.0670. The molecule has 11 heteroatoms. The molecule has 33 heavy (non-hydrogen) atoms. The van der Waals surface area contributed by atoms with Gasteiger partial charge in [0, 0.05) is 38.5 Å². The molecule has 2 aliphatic rings. The number of rotatable bonds is 4. The maximum absolute atomic E-state index is 13.1. The van der Waals surface area contributed by atoms with Gasteiger partial charge in [0.2, 0.25) is 5.91 Å². The first-order chi connectivity index (χ1) is 15.5. The van der Waals surface area contributed by atoms with Crippen LogP contribution < -0.4 is 9.47 Å². The van der Waals surface area contributed by atoms with E-state index in [0.717, 1.165) is 0 Å². The average molecular weight is 460 g/mol. The van der Waals surface area contributed by atoms with Crippen LogP contribution in [0.4, 0.5) is 8.78 Å². The molecular formula is C22H22F2N4O5. The van der Waals surface area contributed by atoms with Gasteiger partial charge in [-0.3, -0.25) is 9.59 Å². The van der Waals surface area contributed by atoms with E-state index in [9.17, 15) is 23.5 Å². The average Bonchev–Trinajstić information content (AvgIpc) is 3.09. The number of carbonyl (C=O) groups excluding carboxylic acids is 2. The molecule has 1 aromatic carbocycles. The number of piperazine rings is 1. The predicted molar refractivity (Wildman–Crippen MR) is 111 cm³/mol. The van der Waals surface area contributed by atoms with Crippen LogP contribution in [0.1, 0.15) is 35.7 Å². The summed E-state index contributed by atoms with van der Waals surface area (Å²) >= 11 is 0. The molecular weight excluding hydrogens is 438 g/mol. The number of nitrogens with zero attached hydrogens (tertiary/aromatic N) is 4. The number of aromatic nitrogens is 2. The normalized spacial score (nSPS) is 17.5. The Morgan fingerprint density at radius 1 is 1.09 bits per heavy atom. The SMILES string of the molecule is CC(C)(O)c1nccc(C(=O)N2CCN(C(=O)/C=C/c3ccc4c(c3)OC(F)(F)O4)CC2)n1. The van der Waals surface area contributed by atoms with E-state index >= 15 is 0 Å². The lowest BCUT2D eigenvalue weighted by atomic mass is 10.1. The van der Waals surface area contributed by atoms with Crippen LogP contribution in [0.15, 0.2) is 36.5 Å². The molecule has 2 amide bonds. The second kappa shape index (κ2) is 8.39. The van der Waals surface area contributed by atoms with Gasteiger partial charge < -0.3 is 24.4 Å². The molecule has 1 fully saturated rings. The summed E-state index contributed by atoms with van der Waals surface area (Å²) in [6.45, 7) is 4.36. The van der Waals surface area contributed by atoms with Gasteiger partial charge in [-0.15, -0.1) is 8.78 Å². The van der Waals surface area contributed by atoms with Gasteiger partial charge in [0.1, 0.15) is 11.3 Å². The quantitative estimate of drug-likeness (QED) is 0.696. The molecule has 4 rings (SSSR count). The number of benzene rings is 1. The molecule has 9 nitrogen and oxygen atoms in total. The number of carbonyl (C=O) groups is 2. The molecule has 0 atom stereocenters. The first-order valence-electron chi connectivity index (χ1n) is 10.2. The number of alkyl halides is 2. The van der Waals surface area contributed by atoms with Crippen molar-refractivity contribution in [1.29, 1.82) is 0 Å². The van der Waals surface area contributed by atoms with Gasteiger partial charge in [-0.2, -0.15) is 0 Å². The fourth-order valence-electron chi connectivity index (χ4n) is 3.41. The van der Waals surface area contributed by atoms with Crippen LogP contribution in [0.5, 0.6) is 11.5 Å². The summed E-state index contributed by atoms with van der Waals surface area (Å²) in [5.41, 5.74) is -0.592. The largest absolute Gasteiger partial charge is 0.586 e. The molecule has 0 radical (unpaired) electrons. The zero-order valence-electron chi connectivity index (χ0n) is 18.0. The second-order valence-electron chi connectivity index (χ2n) is 8.15. The van der Waals surface area contributed by atoms with E-state index in [0.29, 0.717) is 31.7 Å². The summed E-state index contributed by atoms with van der Waals surface area (Å²) in [6.07, 6.45) is 0.570. The van der Waals surface area contributed by atoms with Crippen molar-refractivity contribution >= 4 is 17.9 Å². The van der Waals surface area contributed by atoms with Gasteiger partial charge in [0.15, 0.2) is 17.3 Å². The monoisotopic (exact) mass is 460 g/mol. The van der Waals surface area contributed by atoms with Gasteiger partial charge in [0.25, 0.3) is 5.91 Å². The molecule has 1 aromatic heterocycles. The smallest absolute Gasteiger partial charge is 0.395 e. The van der Waals surface area contributed by atoms with Gasteiger partial charge in [0.05, 0.1) is 0 Å². The first-order valence-corrected chi connectivity index (χ1v) is 10.2. The predicted octanol–water partition coefficient (Wildman–Crippen LogP) is 2.02. The third-order valence-corrected chi connectivity index (χ3v) is 5.14. The number of halogens is 2. The van der Waals surface area contributed by atoms with E-state index in [4.69, 9.17) is 0 Å². The molecule has 0 spiro atoms. The van der Waals surface area contributed by atoms with E-state index in [-0.39, 0.29) is 34.8 Å². The lowest BCUT2D eigenvalue weighted by Crippen LogP contribution is -2.50. The number of hydrogen-bond acceptors (Lipinski definition) is 7. The number of amides is 2. The molecule has 1 N–H and O–H groups in total. The molecule has 0 bridgehead atoms. The Kier molecular flexibility index (Phi) is 5.75. The van der Waals surface area contributed by atoms with E-state index in [2.05, 4.69) is 19.4 Å². The highest BCUT2D eigenvalue weighted by Crippen LogP contribution is 2.41. The van der Waals surface area contributed by atoms with E-state index in [1.54, 1.807) is 9.80 Å². The zero-order valence-corrected chi connectivity index (χ0v) is 18.0. The minimum Gasteiger partial charge on any atom is -0.395 e. The van der Waals surface area contributed by atoms with Crippen LogP contribution in [-0.2, 0) is 10.4 Å². The third-order valence-electron chi connectivity index (χ3n) is 5.14. The Morgan fingerprint density at radius 3 is 2.45 bits per heavy atom. The maximum Gasteiger partial charge on any atom is 0.586 e.